The lowest BCUT2D eigenvalue weighted by atomic mass is 9.98. The summed E-state index contributed by atoms with van der Waals surface area (Å²) in [6.07, 6.45) is 3.39. The number of hydrogen-bond acceptors (Lipinski definition) is 4. The fourth-order valence-corrected chi connectivity index (χ4v) is 3.94. The number of amides is 1. The van der Waals surface area contributed by atoms with Crippen LogP contribution in [0.2, 0.25) is 5.02 Å². The van der Waals surface area contributed by atoms with E-state index in [0.717, 1.165) is 11.1 Å². The maximum atomic E-state index is 13.3. The number of halogens is 1. The van der Waals surface area contributed by atoms with Gasteiger partial charge in [-0.15, -0.1) is 0 Å². The van der Waals surface area contributed by atoms with Gasteiger partial charge in [-0.05, 0) is 41.5 Å². The van der Waals surface area contributed by atoms with Crippen LogP contribution in [0.25, 0.3) is 11.0 Å². The Labute approximate surface area is 171 Å². The van der Waals surface area contributed by atoms with Crippen LogP contribution in [0.4, 0.5) is 0 Å². The van der Waals surface area contributed by atoms with Gasteiger partial charge in [0.1, 0.15) is 5.58 Å². The average molecular weight is 403 g/mol. The number of carbonyl (C=O) groups excluding carboxylic acids is 1. The molecule has 0 bridgehead atoms. The Morgan fingerprint density at radius 1 is 1.00 bits per heavy atom. The molecule has 29 heavy (non-hydrogen) atoms. The van der Waals surface area contributed by atoms with Gasteiger partial charge in [-0.25, -0.2) is 0 Å². The molecule has 1 aliphatic rings. The number of benzene rings is 2. The molecular formula is C23H15ClN2O3. The second-order valence-electron chi connectivity index (χ2n) is 6.92. The lowest BCUT2D eigenvalue weighted by Gasteiger charge is -2.25. The minimum absolute atomic E-state index is 0.0949. The summed E-state index contributed by atoms with van der Waals surface area (Å²) in [6, 6.07) is 17.3. The molecule has 2 aromatic carbocycles. The van der Waals surface area contributed by atoms with E-state index in [1.165, 1.54) is 0 Å². The number of aromatic nitrogens is 1. The Hall–Kier alpha value is -3.44. The standard InChI is InChI=1S/C23H15ClN2O3/c24-16-9-7-15(8-10-16)20-19-21(27)17-5-1-2-6-18(17)29-22(19)23(28)26(20)13-14-4-3-11-25-12-14/h1-12,20H,13H2/t20-/m1/s1. The van der Waals surface area contributed by atoms with E-state index in [1.807, 2.05) is 24.3 Å². The summed E-state index contributed by atoms with van der Waals surface area (Å²) in [6.45, 7) is 0.306. The number of hydrogen-bond donors (Lipinski definition) is 0. The van der Waals surface area contributed by atoms with E-state index in [1.54, 1.807) is 53.7 Å². The first kappa shape index (κ1) is 17.6. The van der Waals surface area contributed by atoms with Crippen molar-refractivity contribution in [2.24, 2.45) is 0 Å². The summed E-state index contributed by atoms with van der Waals surface area (Å²) >= 11 is 6.05. The van der Waals surface area contributed by atoms with Crippen LogP contribution >= 0.6 is 11.6 Å². The van der Waals surface area contributed by atoms with Crippen molar-refractivity contribution in [3.05, 3.63) is 111 Å². The first-order valence-corrected chi connectivity index (χ1v) is 9.52. The van der Waals surface area contributed by atoms with Crippen molar-refractivity contribution < 1.29 is 9.21 Å². The molecule has 0 unspecified atom stereocenters. The molecule has 0 N–H and O–H groups in total. The van der Waals surface area contributed by atoms with Gasteiger partial charge in [-0.2, -0.15) is 0 Å². The van der Waals surface area contributed by atoms with Gasteiger partial charge in [0.25, 0.3) is 5.91 Å². The van der Waals surface area contributed by atoms with Crippen molar-refractivity contribution in [3.8, 4) is 0 Å². The minimum Gasteiger partial charge on any atom is -0.450 e. The van der Waals surface area contributed by atoms with Gasteiger partial charge in [0, 0.05) is 24.0 Å². The first-order chi connectivity index (χ1) is 14.1. The zero-order valence-electron chi connectivity index (χ0n) is 15.2. The van der Waals surface area contributed by atoms with Gasteiger partial charge in [-0.3, -0.25) is 14.6 Å². The summed E-state index contributed by atoms with van der Waals surface area (Å²) in [7, 11) is 0. The van der Waals surface area contributed by atoms with Gasteiger partial charge >= 0.3 is 0 Å². The highest BCUT2D eigenvalue weighted by Gasteiger charge is 2.42. The van der Waals surface area contributed by atoms with E-state index < -0.39 is 6.04 Å². The Morgan fingerprint density at radius 3 is 2.55 bits per heavy atom. The molecule has 5 nitrogen and oxygen atoms in total. The molecule has 142 valence electrons. The SMILES string of the molecule is O=C1c2oc3ccccc3c(=O)c2[C@@H](c2ccc(Cl)cc2)N1Cc1cccnc1. The van der Waals surface area contributed by atoms with Gasteiger partial charge in [0.15, 0.2) is 5.43 Å². The van der Waals surface area contributed by atoms with Crippen LogP contribution in [0, 0.1) is 0 Å². The molecule has 0 fully saturated rings. The van der Waals surface area contributed by atoms with Gasteiger partial charge in [0.2, 0.25) is 5.76 Å². The molecule has 4 aromatic rings. The third-order valence-electron chi connectivity index (χ3n) is 5.13. The molecule has 0 radical (unpaired) electrons. The summed E-state index contributed by atoms with van der Waals surface area (Å²) in [5, 5.41) is 1.05. The molecule has 1 amide bonds. The maximum absolute atomic E-state index is 13.3. The van der Waals surface area contributed by atoms with Crippen LogP contribution in [0.5, 0.6) is 0 Å². The Morgan fingerprint density at radius 2 is 1.79 bits per heavy atom. The predicted molar refractivity (Wildman–Crippen MR) is 110 cm³/mol. The first-order valence-electron chi connectivity index (χ1n) is 9.14. The van der Waals surface area contributed by atoms with E-state index in [-0.39, 0.29) is 17.1 Å². The molecule has 3 heterocycles. The van der Waals surface area contributed by atoms with Crippen LogP contribution < -0.4 is 5.43 Å². The summed E-state index contributed by atoms with van der Waals surface area (Å²) < 4.78 is 5.91. The lowest BCUT2D eigenvalue weighted by Crippen LogP contribution is -2.29. The Bertz CT molecular complexity index is 1280. The highest BCUT2D eigenvalue weighted by Crippen LogP contribution is 2.39. The second-order valence-corrected chi connectivity index (χ2v) is 7.35. The van der Waals surface area contributed by atoms with Crippen molar-refractivity contribution in [1.82, 2.24) is 9.88 Å². The van der Waals surface area contributed by atoms with E-state index >= 15 is 0 Å². The number of nitrogens with zero attached hydrogens (tertiary/aromatic N) is 2. The third kappa shape index (κ3) is 2.91. The molecule has 6 heteroatoms. The number of pyridine rings is 1. The monoisotopic (exact) mass is 402 g/mol. The number of carbonyl (C=O) groups is 1. The quantitative estimate of drug-likeness (QED) is 0.503. The maximum Gasteiger partial charge on any atom is 0.291 e. The summed E-state index contributed by atoms with van der Waals surface area (Å²) in [5.41, 5.74) is 2.24. The molecule has 0 aliphatic carbocycles. The van der Waals surface area contributed by atoms with E-state index in [2.05, 4.69) is 4.98 Å². The zero-order valence-corrected chi connectivity index (χ0v) is 16.0. The Balaban J connectivity index is 1.73. The molecule has 5 rings (SSSR count). The minimum atomic E-state index is -0.559. The molecule has 0 spiro atoms. The number of para-hydroxylation sites is 1. The van der Waals surface area contributed by atoms with Gasteiger partial charge in [-0.1, -0.05) is 41.9 Å². The fourth-order valence-electron chi connectivity index (χ4n) is 3.81. The molecule has 0 saturated carbocycles. The van der Waals surface area contributed by atoms with Crippen LogP contribution in [0.15, 0.2) is 82.3 Å². The molecular weight excluding hydrogens is 388 g/mol. The zero-order chi connectivity index (χ0) is 20.0. The third-order valence-corrected chi connectivity index (χ3v) is 5.39. The number of rotatable bonds is 3. The van der Waals surface area contributed by atoms with Crippen molar-refractivity contribution in [1.29, 1.82) is 0 Å². The van der Waals surface area contributed by atoms with Gasteiger partial charge < -0.3 is 9.32 Å². The highest BCUT2D eigenvalue weighted by atomic mass is 35.5. The Kier molecular flexibility index (Phi) is 4.18. The molecule has 1 atom stereocenters. The number of fused-ring (bicyclic) bond motifs is 2. The largest absolute Gasteiger partial charge is 0.450 e. The normalized spacial score (nSPS) is 15.7. The van der Waals surface area contributed by atoms with Crippen LogP contribution in [-0.4, -0.2) is 15.8 Å². The van der Waals surface area contributed by atoms with Crippen molar-refractivity contribution >= 4 is 28.5 Å². The van der Waals surface area contributed by atoms with E-state index in [9.17, 15) is 9.59 Å². The fraction of sp³-hybridized carbons (Fsp3) is 0.0870. The average Bonchev–Trinajstić information content (AvgIpc) is 3.02. The van der Waals surface area contributed by atoms with Gasteiger partial charge in [0.05, 0.1) is 17.0 Å². The molecule has 1 aliphatic heterocycles. The summed E-state index contributed by atoms with van der Waals surface area (Å²) in [4.78, 5) is 32.4. The van der Waals surface area contributed by atoms with E-state index in [0.29, 0.717) is 28.1 Å². The second kappa shape index (κ2) is 6.87. The summed E-state index contributed by atoms with van der Waals surface area (Å²) in [5.74, 6) is -0.218. The van der Waals surface area contributed by atoms with Crippen molar-refractivity contribution in [2.75, 3.05) is 0 Å². The van der Waals surface area contributed by atoms with Crippen molar-refractivity contribution in [2.45, 2.75) is 12.6 Å². The van der Waals surface area contributed by atoms with E-state index in [4.69, 9.17) is 16.0 Å². The van der Waals surface area contributed by atoms with Crippen LogP contribution in [0.1, 0.15) is 33.3 Å². The molecule has 2 aromatic heterocycles. The van der Waals surface area contributed by atoms with Crippen LogP contribution in [0.3, 0.4) is 0 Å². The van der Waals surface area contributed by atoms with Crippen LogP contribution in [-0.2, 0) is 6.54 Å². The topological polar surface area (TPSA) is 63.4 Å². The predicted octanol–water partition coefficient (Wildman–Crippen LogP) is 4.59. The highest BCUT2D eigenvalue weighted by molar-refractivity contribution is 6.30. The smallest absolute Gasteiger partial charge is 0.291 e. The van der Waals surface area contributed by atoms with Crippen molar-refractivity contribution in [3.63, 3.8) is 0 Å². The lowest BCUT2D eigenvalue weighted by molar-refractivity contribution is 0.0714. The molecule has 0 saturated heterocycles.